The first-order chi connectivity index (χ1) is 9.08. The molecule has 0 aliphatic heterocycles. The van der Waals surface area contributed by atoms with Crippen molar-refractivity contribution in [2.45, 2.75) is 31.9 Å². The molecular weight excluding hydrogens is 252 g/mol. The number of rotatable bonds is 8. The Morgan fingerprint density at radius 3 is 2.63 bits per heavy atom. The van der Waals surface area contributed by atoms with Gasteiger partial charge in [-0.25, -0.2) is 8.78 Å². The summed E-state index contributed by atoms with van der Waals surface area (Å²) in [4.78, 5) is 0. The lowest BCUT2D eigenvalue weighted by atomic mass is 10.1. The normalized spacial score (nSPS) is 14.4. The lowest BCUT2D eigenvalue weighted by Crippen LogP contribution is -2.28. The van der Waals surface area contributed by atoms with Crippen molar-refractivity contribution in [3.8, 4) is 0 Å². The number of benzene rings is 1. The number of halogens is 2. The minimum atomic E-state index is -0.867. The van der Waals surface area contributed by atoms with Crippen LogP contribution in [0.25, 0.3) is 0 Å². The molecule has 3 nitrogen and oxygen atoms in total. The summed E-state index contributed by atoms with van der Waals surface area (Å²) in [5.74, 6) is -1.73. The van der Waals surface area contributed by atoms with E-state index in [-0.39, 0.29) is 12.1 Å². The van der Waals surface area contributed by atoms with Crippen LogP contribution < -0.4 is 5.32 Å². The van der Waals surface area contributed by atoms with Gasteiger partial charge in [-0.05, 0) is 37.1 Å². The highest BCUT2D eigenvalue weighted by Crippen LogP contribution is 2.17. The summed E-state index contributed by atoms with van der Waals surface area (Å²) < 4.78 is 31.2. The van der Waals surface area contributed by atoms with Crippen LogP contribution in [0.15, 0.2) is 18.2 Å². The van der Waals surface area contributed by atoms with E-state index >= 15 is 0 Å². The van der Waals surface area contributed by atoms with E-state index in [0.717, 1.165) is 6.07 Å². The fraction of sp³-hybridized carbons (Fsp3) is 0.571. The summed E-state index contributed by atoms with van der Waals surface area (Å²) in [6.07, 6.45) is 0.961. The van der Waals surface area contributed by atoms with Crippen LogP contribution in [0.5, 0.6) is 0 Å². The molecule has 5 heteroatoms. The third-order valence-corrected chi connectivity index (χ3v) is 3.02. The average molecular weight is 273 g/mol. The maximum atomic E-state index is 13.2. The lowest BCUT2D eigenvalue weighted by molar-refractivity contribution is 0.145. The van der Waals surface area contributed by atoms with Crippen molar-refractivity contribution < 1.29 is 18.6 Å². The van der Waals surface area contributed by atoms with E-state index in [9.17, 15) is 13.9 Å². The topological polar surface area (TPSA) is 41.5 Å². The highest BCUT2D eigenvalue weighted by molar-refractivity contribution is 5.21. The number of aliphatic hydroxyl groups is 1. The largest absolute Gasteiger partial charge is 0.393 e. The van der Waals surface area contributed by atoms with Crippen molar-refractivity contribution in [2.75, 3.05) is 20.3 Å². The quantitative estimate of drug-likeness (QED) is 0.764. The van der Waals surface area contributed by atoms with Gasteiger partial charge in [0.15, 0.2) is 11.6 Å². The second kappa shape index (κ2) is 8.19. The molecule has 0 bridgehead atoms. The molecule has 1 aromatic carbocycles. The van der Waals surface area contributed by atoms with Gasteiger partial charge in [-0.3, -0.25) is 0 Å². The second-order valence-electron chi connectivity index (χ2n) is 4.49. The molecule has 0 spiro atoms. The summed E-state index contributed by atoms with van der Waals surface area (Å²) in [7, 11) is 1.55. The summed E-state index contributed by atoms with van der Waals surface area (Å²) in [5.41, 5.74) is 0.631. The van der Waals surface area contributed by atoms with Gasteiger partial charge in [-0.2, -0.15) is 0 Å². The summed E-state index contributed by atoms with van der Waals surface area (Å²) in [6.45, 7) is 2.85. The zero-order chi connectivity index (χ0) is 14.3. The van der Waals surface area contributed by atoms with Crippen molar-refractivity contribution in [3.05, 3.63) is 35.4 Å². The minimum absolute atomic E-state index is 0.218. The molecule has 1 rings (SSSR count). The Kier molecular flexibility index (Phi) is 6.91. The number of nitrogens with one attached hydrogen (secondary N) is 1. The number of hydrogen-bond donors (Lipinski definition) is 2. The smallest absolute Gasteiger partial charge is 0.159 e. The van der Waals surface area contributed by atoms with Crippen molar-refractivity contribution >= 4 is 0 Å². The first kappa shape index (κ1) is 16.0. The van der Waals surface area contributed by atoms with Crippen LogP contribution >= 0.6 is 0 Å². The molecule has 0 amide bonds. The monoisotopic (exact) mass is 273 g/mol. The van der Waals surface area contributed by atoms with E-state index in [0.29, 0.717) is 31.6 Å². The van der Waals surface area contributed by atoms with Gasteiger partial charge in [-0.15, -0.1) is 0 Å². The highest BCUT2D eigenvalue weighted by atomic mass is 19.2. The molecule has 2 N–H and O–H groups in total. The predicted molar refractivity (Wildman–Crippen MR) is 69.9 cm³/mol. The molecule has 108 valence electrons. The highest BCUT2D eigenvalue weighted by Gasteiger charge is 2.13. The average Bonchev–Trinajstić information content (AvgIpc) is 2.40. The first-order valence-corrected chi connectivity index (χ1v) is 6.43. The van der Waals surface area contributed by atoms with Crippen LogP contribution in [0.4, 0.5) is 8.78 Å². The van der Waals surface area contributed by atoms with Crippen molar-refractivity contribution in [1.82, 2.24) is 5.32 Å². The molecule has 0 aliphatic rings. The molecule has 2 unspecified atom stereocenters. The Morgan fingerprint density at radius 2 is 2.05 bits per heavy atom. The van der Waals surface area contributed by atoms with E-state index < -0.39 is 11.6 Å². The van der Waals surface area contributed by atoms with Gasteiger partial charge in [0.2, 0.25) is 0 Å². The Balaban J connectivity index is 2.63. The van der Waals surface area contributed by atoms with Gasteiger partial charge < -0.3 is 15.2 Å². The maximum absolute atomic E-state index is 13.2. The number of hydrogen-bond acceptors (Lipinski definition) is 3. The molecular formula is C14H21F2NO2. The maximum Gasteiger partial charge on any atom is 0.159 e. The van der Waals surface area contributed by atoms with E-state index in [4.69, 9.17) is 4.74 Å². The van der Waals surface area contributed by atoms with E-state index in [1.54, 1.807) is 7.11 Å². The van der Waals surface area contributed by atoms with Crippen LogP contribution in [0.3, 0.4) is 0 Å². The van der Waals surface area contributed by atoms with Gasteiger partial charge in [0, 0.05) is 7.11 Å². The van der Waals surface area contributed by atoms with Crippen LogP contribution in [0.1, 0.15) is 31.4 Å². The van der Waals surface area contributed by atoms with Crippen molar-refractivity contribution in [3.63, 3.8) is 0 Å². The SMILES string of the molecule is CCC(O)CCNC(COC)c1ccc(F)c(F)c1. The standard InChI is InChI=1S/C14H21F2NO2/c1-3-11(18)6-7-17-14(9-19-2)10-4-5-12(15)13(16)8-10/h4-5,8,11,14,17-18H,3,6-7,9H2,1-2H3. The summed E-state index contributed by atoms with van der Waals surface area (Å²) in [5, 5.41) is 12.6. The third-order valence-electron chi connectivity index (χ3n) is 3.02. The number of methoxy groups -OCH3 is 1. The van der Waals surface area contributed by atoms with E-state index in [1.165, 1.54) is 12.1 Å². The minimum Gasteiger partial charge on any atom is -0.393 e. The molecule has 0 radical (unpaired) electrons. The first-order valence-electron chi connectivity index (χ1n) is 6.43. The summed E-state index contributed by atoms with van der Waals surface area (Å²) >= 11 is 0. The van der Waals surface area contributed by atoms with Crippen LogP contribution in [0, 0.1) is 11.6 Å². The Labute approximate surface area is 112 Å². The zero-order valence-corrected chi connectivity index (χ0v) is 11.3. The molecule has 19 heavy (non-hydrogen) atoms. The van der Waals surface area contributed by atoms with Gasteiger partial charge in [0.05, 0.1) is 18.8 Å². The molecule has 1 aromatic rings. The molecule has 0 fully saturated rings. The summed E-state index contributed by atoms with van der Waals surface area (Å²) in [6, 6.07) is 3.59. The van der Waals surface area contributed by atoms with Crippen LogP contribution in [-0.4, -0.2) is 31.5 Å². The van der Waals surface area contributed by atoms with Gasteiger partial charge in [0.25, 0.3) is 0 Å². The van der Waals surface area contributed by atoms with Crippen LogP contribution in [0.2, 0.25) is 0 Å². The molecule has 0 aromatic heterocycles. The lowest BCUT2D eigenvalue weighted by Gasteiger charge is -2.19. The van der Waals surface area contributed by atoms with E-state index in [2.05, 4.69) is 5.32 Å². The van der Waals surface area contributed by atoms with E-state index in [1.807, 2.05) is 6.92 Å². The number of ether oxygens (including phenoxy) is 1. The second-order valence-corrected chi connectivity index (χ2v) is 4.49. The van der Waals surface area contributed by atoms with Crippen LogP contribution in [-0.2, 0) is 4.74 Å². The molecule has 0 saturated carbocycles. The molecule has 0 saturated heterocycles. The van der Waals surface area contributed by atoms with Gasteiger partial charge >= 0.3 is 0 Å². The molecule has 0 heterocycles. The van der Waals surface area contributed by atoms with Gasteiger partial charge in [-0.1, -0.05) is 13.0 Å². The Morgan fingerprint density at radius 1 is 1.32 bits per heavy atom. The van der Waals surface area contributed by atoms with Crippen molar-refractivity contribution in [2.24, 2.45) is 0 Å². The van der Waals surface area contributed by atoms with Gasteiger partial charge in [0.1, 0.15) is 0 Å². The van der Waals surface area contributed by atoms with Crippen molar-refractivity contribution in [1.29, 1.82) is 0 Å². The Bertz CT molecular complexity index is 388. The predicted octanol–water partition coefficient (Wildman–Crippen LogP) is 2.40. The molecule has 0 aliphatic carbocycles. The zero-order valence-electron chi connectivity index (χ0n) is 11.3. The third kappa shape index (κ3) is 5.22. The number of aliphatic hydroxyl groups excluding tert-OH is 1. The fourth-order valence-corrected chi connectivity index (χ4v) is 1.80. The molecule has 2 atom stereocenters. The Hall–Kier alpha value is -1.04. The fourth-order valence-electron chi connectivity index (χ4n) is 1.80.